The molecule has 128 valence electrons. The van der Waals surface area contributed by atoms with Gasteiger partial charge >= 0.3 is 0 Å². The summed E-state index contributed by atoms with van der Waals surface area (Å²) in [6, 6.07) is 6.62. The van der Waals surface area contributed by atoms with E-state index in [9.17, 15) is 9.59 Å². The second-order valence-corrected chi connectivity index (χ2v) is 7.79. The molecule has 0 bridgehead atoms. The van der Waals surface area contributed by atoms with Crippen molar-refractivity contribution in [2.75, 3.05) is 26.2 Å². The van der Waals surface area contributed by atoms with Gasteiger partial charge in [-0.2, -0.15) is 0 Å². The van der Waals surface area contributed by atoms with E-state index in [0.29, 0.717) is 13.1 Å². The lowest BCUT2D eigenvalue weighted by Crippen LogP contribution is -3.14. The summed E-state index contributed by atoms with van der Waals surface area (Å²) in [5, 5.41) is 9.65. The van der Waals surface area contributed by atoms with Crippen molar-refractivity contribution in [1.82, 2.24) is 10.6 Å². The molecule has 0 aromatic carbocycles. The fraction of sp³-hybridized carbons (Fsp3) is 0.412. The number of nitrogens with one attached hydrogen (secondary N) is 3. The van der Waals surface area contributed by atoms with Crippen LogP contribution in [0.5, 0.6) is 0 Å². The van der Waals surface area contributed by atoms with Crippen LogP contribution in [0.25, 0.3) is 0 Å². The van der Waals surface area contributed by atoms with Crippen LogP contribution in [-0.4, -0.2) is 38.0 Å². The van der Waals surface area contributed by atoms with Crippen molar-refractivity contribution in [1.29, 1.82) is 0 Å². The average molecular weight is 365 g/mol. The number of rotatable bonds is 6. The van der Waals surface area contributed by atoms with E-state index in [0.717, 1.165) is 13.0 Å². The summed E-state index contributed by atoms with van der Waals surface area (Å²) in [5.74, 6) is -0.217. The Morgan fingerprint density at radius 3 is 2.83 bits per heavy atom. The monoisotopic (exact) mass is 364 g/mol. The molecule has 5 nitrogen and oxygen atoms in total. The number of fused-ring (bicyclic) bond motifs is 1. The number of quaternary nitrogens is 1. The van der Waals surface area contributed by atoms with Crippen LogP contribution in [0.15, 0.2) is 29.0 Å². The van der Waals surface area contributed by atoms with E-state index in [1.165, 1.54) is 20.2 Å². The first-order chi connectivity index (χ1) is 11.7. The summed E-state index contributed by atoms with van der Waals surface area (Å²) in [6.45, 7) is 3.81. The van der Waals surface area contributed by atoms with Crippen molar-refractivity contribution in [3.63, 3.8) is 0 Å². The minimum atomic E-state index is -0.144. The topological polar surface area (TPSA) is 62.6 Å². The molecular weight excluding hydrogens is 342 g/mol. The first kappa shape index (κ1) is 17.1. The molecule has 24 heavy (non-hydrogen) atoms. The van der Waals surface area contributed by atoms with E-state index in [-0.39, 0.29) is 24.4 Å². The quantitative estimate of drug-likeness (QED) is 0.703. The molecule has 0 fully saturated rings. The fourth-order valence-electron chi connectivity index (χ4n) is 3.16. The predicted octanol–water partition coefficient (Wildman–Crippen LogP) is 0.592. The first-order valence-corrected chi connectivity index (χ1v) is 9.92. The minimum Gasteiger partial charge on any atom is -0.355 e. The van der Waals surface area contributed by atoms with E-state index >= 15 is 0 Å². The third-order valence-corrected chi connectivity index (χ3v) is 6.14. The van der Waals surface area contributed by atoms with Crippen molar-refractivity contribution < 1.29 is 14.5 Å². The zero-order valence-corrected chi connectivity index (χ0v) is 15.3. The van der Waals surface area contributed by atoms with Gasteiger partial charge in [0, 0.05) is 23.4 Å². The summed E-state index contributed by atoms with van der Waals surface area (Å²) in [5.41, 5.74) is 1.35. The van der Waals surface area contributed by atoms with E-state index in [2.05, 4.69) is 39.6 Å². The van der Waals surface area contributed by atoms with Crippen LogP contribution in [-0.2, 0) is 16.0 Å². The Labute approximate surface area is 149 Å². The lowest BCUT2D eigenvalue weighted by molar-refractivity contribution is -0.919. The van der Waals surface area contributed by atoms with E-state index < -0.39 is 0 Å². The molecule has 2 amide bonds. The number of likely N-dealkylation sites (N-methyl/N-ethyl adjacent to an activating group) is 1. The smallest absolute Gasteiger partial charge is 0.275 e. The number of thiophene rings is 2. The molecule has 0 aliphatic carbocycles. The second-order valence-electron chi connectivity index (χ2n) is 5.81. The number of hydrogen-bond acceptors (Lipinski definition) is 4. The molecular formula is C17H22N3O2S2+. The molecule has 3 rings (SSSR count). The van der Waals surface area contributed by atoms with Gasteiger partial charge in [-0.05, 0) is 29.8 Å². The molecule has 2 aromatic rings. The maximum absolute atomic E-state index is 12.3. The predicted molar refractivity (Wildman–Crippen MR) is 96.6 cm³/mol. The Morgan fingerprint density at radius 2 is 2.08 bits per heavy atom. The highest BCUT2D eigenvalue weighted by molar-refractivity contribution is 7.10. The third-order valence-electron chi connectivity index (χ3n) is 4.21. The Morgan fingerprint density at radius 1 is 1.21 bits per heavy atom. The Hall–Kier alpha value is -1.70. The highest BCUT2D eigenvalue weighted by atomic mass is 32.1. The van der Waals surface area contributed by atoms with Crippen LogP contribution in [0.3, 0.4) is 0 Å². The normalized spacial score (nSPS) is 19.5. The van der Waals surface area contributed by atoms with Gasteiger partial charge in [0.05, 0.1) is 18.0 Å². The Kier molecular flexibility index (Phi) is 5.65. The maximum Gasteiger partial charge on any atom is 0.275 e. The molecule has 1 unspecified atom stereocenters. The van der Waals surface area contributed by atoms with Crippen LogP contribution < -0.4 is 15.5 Å². The summed E-state index contributed by atoms with van der Waals surface area (Å²) < 4.78 is 0. The molecule has 1 aliphatic rings. The molecule has 0 saturated carbocycles. The number of carbonyl (C=O) groups is 2. The molecule has 0 spiro atoms. The number of carbonyl (C=O) groups excluding carboxylic acids is 2. The molecule has 2 aromatic heterocycles. The molecule has 0 radical (unpaired) electrons. The molecule has 1 aliphatic heterocycles. The van der Waals surface area contributed by atoms with Gasteiger partial charge in [-0.1, -0.05) is 6.07 Å². The zero-order chi connectivity index (χ0) is 16.9. The fourth-order valence-corrected chi connectivity index (χ4v) is 4.98. The Balaban J connectivity index is 1.68. The van der Waals surface area contributed by atoms with E-state index in [1.807, 2.05) is 6.92 Å². The summed E-state index contributed by atoms with van der Waals surface area (Å²) in [6.07, 6.45) is 1.01. The standard InChI is InChI=1S/C17H21N3O2S2/c1-2-18-15(21)10-19-16(22)11-20-7-5-13-12(6-9-24-13)17(20)14-4-3-8-23-14/h3-4,6,8-9,17H,2,5,7,10-11H2,1H3,(H,18,21)(H,19,22)/p+1/t17-/m0/s1. The largest absolute Gasteiger partial charge is 0.355 e. The van der Waals surface area contributed by atoms with Gasteiger partial charge in [-0.3, -0.25) is 9.59 Å². The van der Waals surface area contributed by atoms with Gasteiger partial charge in [-0.15, -0.1) is 22.7 Å². The molecule has 0 saturated heterocycles. The highest BCUT2D eigenvalue weighted by Crippen LogP contribution is 2.31. The van der Waals surface area contributed by atoms with Gasteiger partial charge in [-0.25, -0.2) is 0 Å². The minimum absolute atomic E-state index is 0.0489. The van der Waals surface area contributed by atoms with Gasteiger partial charge in [0.1, 0.15) is 6.04 Å². The van der Waals surface area contributed by atoms with E-state index in [4.69, 9.17) is 0 Å². The van der Waals surface area contributed by atoms with Crippen molar-refractivity contribution in [2.24, 2.45) is 0 Å². The van der Waals surface area contributed by atoms with Crippen LogP contribution in [0.1, 0.15) is 28.3 Å². The number of amides is 2. The van der Waals surface area contributed by atoms with Crippen LogP contribution in [0.2, 0.25) is 0 Å². The van der Waals surface area contributed by atoms with Crippen LogP contribution in [0.4, 0.5) is 0 Å². The van der Waals surface area contributed by atoms with Crippen molar-refractivity contribution >= 4 is 34.5 Å². The molecule has 2 atom stereocenters. The van der Waals surface area contributed by atoms with E-state index in [1.54, 1.807) is 22.7 Å². The zero-order valence-electron chi connectivity index (χ0n) is 13.6. The number of hydrogen-bond donors (Lipinski definition) is 3. The maximum atomic E-state index is 12.3. The van der Waals surface area contributed by atoms with Crippen LogP contribution in [0, 0.1) is 0 Å². The third kappa shape index (κ3) is 3.85. The summed E-state index contributed by atoms with van der Waals surface area (Å²) >= 11 is 3.54. The van der Waals surface area contributed by atoms with Crippen molar-refractivity contribution in [3.05, 3.63) is 44.3 Å². The molecule has 3 heterocycles. The summed E-state index contributed by atoms with van der Waals surface area (Å²) in [4.78, 5) is 27.7. The van der Waals surface area contributed by atoms with Crippen LogP contribution >= 0.6 is 22.7 Å². The van der Waals surface area contributed by atoms with Gasteiger partial charge in [0.2, 0.25) is 5.91 Å². The molecule has 7 heteroatoms. The summed E-state index contributed by atoms with van der Waals surface area (Å²) in [7, 11) is 0. The SMILES string of the molecule is CCNC(=O)CNC(=O)C[NH+]1CCc2sccc2[C@H]1c1cccs1. The Bertz CT molecular complexity index is 697. The van der Waals surface area contributed by atoms with Gasteiger partial charge in [0.15, 0.2) is 6.54 Å². The average Bonchev–Trinajstić information content (AvgIpc) is 3.24. The van der Waals surface area contributed by atoms with Crippen molar-refractivity contribution in [2.45, 2.75) is 19.4 Å². The lowest BCUT2D eigenvalue weighted by atomic mass is 9.98. The highest BCUT2D eigenvalue weighted by Gasteiger charge is 2.35. The van der Waals surface area contributed by atoms with Gasteiger partial charge < -0.3 is 15.5 Å². The van der Waals surface area contributed by atoms with Crippen molar-refractivity contribution in [3.8, 4) is 0 Å². The lowest BCUT2D eigenvalue weighted by Gasteiger charge is -2.31. The van der Waals surface area contributed by atoms with Gasteiger partial charge in [0.25, 0.3) is 5.91 Å². The second kappa shape index (κ2) is 7.92. The first-order valence-electron chi connectivity index (χ1n) is 8.16. The molecule has 3 N–H and O–H groups in total.